The normalized spacial score (nSPS) is 5.56. The van der Waals surface area contributed by atoms with E-state index in [4.69, 9.17) is 15.6 Å². The number of nitrogens with two attached hydrogens (primary N) is 1. The second-order valence-corrected chi connectivity index (χ2v) is 2.08. The minimum absolute atomic E-state index is 0. The van der Waals surface area contributed by atoms with Gasteiger partial charge in [0.05, 0.1) is 0 Å². The van der Waals surface area contributed by atoms with Gasteiger partial charge in [-0.1, -0.05) is 12.2 Å². The summed E-state index contributed by atoms with van der Waals surface area (Å²) in [6, 6.07) is 0. The van der Waals surface area contributed by atoms with Gasteiger partial charge in [0.2, 0.25) is 0 Å². The van der Waals surface area contributed by atoms with E-state index in [9.17, 15) is 0 Å². The van der Waals surface area contributed by atoms with E-state index >= 15 is 0 Å². The molecule has 0 bridgehead atoms. The molecule has 6 heteroatoms. The Balaban J connectivity index is -0.0000000720. The Labute approximate surface area is 86.7 Å². The van der Waals surface area contributed by atoms with Crippen molar-refractivity contribution in [2.24, 2.45) is 5.73 Å². The van der Waals surface area contributed by atoms with Crippen LogP contribution in [0.4, 0.5) is 0 Å². The molecule has 0 rings (SSSR count). The molecule has 0 aliphatic heterocycles. The molecule has 0 saturated carbocycles. The Bertz CT molecular complexity index is 77.8. The maximum absolute atomic E-state index is 9.00. The van der Waals surface area contributed by atoms with E-state index in [0.29, 0.717) is 0 Å². The van der Waals surface area contributed by atoms with Gasteiger partial charge in [0.1, 0.15) is 4.32 Å². The Morgan fingerprint density at radius 2 is 1.78 bits per heavy atom. The van der Waals surface area contributed by atoms with Gasteiger partial charge in [0.25, 0.3) is 5.97 Å². The van der Waals surface area contributed by atoms with Crippen molar-refractivity contribution in [3.63, 3.8) is 0 Å². The third kappa shape index (κ3) is 778. The van der Waals surface area contributed by atoms with Crippen molar-refractivity contribution >= 4 is 64.7 Å². The van der Waals surface area contributed by atoms with E-state index in [0.717, 1.165) is 6.92 Å². The molecule has 0 spiro atoms. The van der Waals surface area contributed by atoms with Crippen molar-refractivity contribution in [1.29, 1.82) is 0 Å². The fourth-order valence-corrected chi connectivity index (χ4v) is 0. The summed E-state index contributed by atoms with van der Waals surface area (Å²) in [6.45, 7) is 1.08. The van der Waals surface area contributed by atoms with Crippen LogP contribution in [0.2, 0.25) is 0 Å². The molecular weight excluding hydrogens is 169 g/mol. The third-order valence-electron chi connectivity index (χ3n) is 0. The van der Waals surface area contributed by atoms with Gasteiger partial charge in [0.15, 0.2) is 0 Å². The summed E-state index contributed by atoms with van der Waals surface area (Å²) in [5.41, 5.74) is 4.71. The number of carboxylic acid groups (broad SMARTS) is 1. The van der Waals surface area contributed by atoms with Crippen molar-refractivity contribution in [3.8, 4) is 0 Å². The number of rotatable bonds is 0. The molecule has 0 radical (unpaired) electrons. The number of hydrogen-bond acceptors (Lipinski definition) is 2. The molecular formula is C3H8NNaO2S2. The third-order valence-corrected chi connectivity index (χ3v) is 0. The minimum atomic E-state index is -0.833. The van der Waals surface area contributed by atoms with Crippen LogP contribution in [0.5, 0.6) is 0 Å². The van der Waals surface area contributed by atoms with Crippen molar-refractivity contribution < 1.29 is 9.90 Å². The molecule has 3 nitrogen and oxygen atoms in total. The van der Waals surface area contributed by atoms with E-state index in [1.54, 1.807) is 0 Å². The zero-order chi connectivity index (χ0) is 7.15. The van der Waals surface area contributed by atoms with Gasteiger partial charge in [-0.05, 0) is 0 Å². The maximum atomic E-state index is 9.00. The number of carboxylic acids is 1. The van der Waals surface area contributed by atoms with Crippen LogP contribution in [0.25, 0.3) is 0 Å². The monoisotopic (exact) mass is 177 g/mol. The molecule has 0 heterocycles. The number of aliphatic carboxylic acids is 1. The quantitative estimate of drug-likeness (QED) is 0.268. The summed E-state index contributed by atoms with van der Waals surface area (Å²) in [7, 11) is 0. The molecule has 0 atom stereocenters. The Hall–Kier alpha value is 0.710. The van der Waals surface area contributed by atoms with Gasteiger partial charge >= 0.3 is 29.6 Å². The van der Waals surface area contributed by atoms with Gasteiger partial charge in [-0.2, -0.15) is 0 Å². The topological polar surface area (TPSA) is 63.3 Å². The molecule has 0 aromatic carbocycles. The van der Waals surface area contributed by atoms with E-state index in [-0.39, 0.29) is 33.9 Å². The second-order valence-electron chi connectivity index (χ2n) is 0.857. The van der Waals surface area contributed by atoms with E-state index in [1.165, 1.54) is 0 Å². The van der Waals surface area contributed by atoms with Crippen LogP contribution in [-0.2, 0) is 4.79 Å². The molecule has 0 unspecified atom stereocenters. The molecule has 0 saturated heterocycles. The van der Waals surface area contributed by atoms with Crippen LogP contribution in [0.1, 0.15) is 6.92 Å². The number of carbonyl (C=O) groups is 1. The average molecular weight is 177 g/mol. The first-order valence-corrected chi connectivity index (χ1v) is 2.50. The Morgan fingerprint density at radius 1 is 1.78 bits per heavy atom. The molecule has 0 aliphatic carbocycles. The van der Waals surface area contributed by atoms with Crippen LogP contribution in [0, 0.1) is 0 Å². The zero-order valence-corrected chi connectivity index (χ0v) is 6.00. The number of hydrogen-bond donors (Lipinski definition) is 3. The second kappa shape index (κ2) is 11.5. The van der Waals surface area contributed by atoms with Crippen molar-refractivity contribution in [2.45, 2.75) is 6.92 Å². The molecule has 0 aromatic rings. The molecule has 0 aromatic heterocycles. The van der Waals surface area contributed by atoms with Gasteiger partial charge < -0.3 is 10.8 Å². The fourth-order valence-electron chi connectivity index (χ4n) is 0. The number of thiocarbonyl (C=S) groups is 1. The SMILES string of the molecule is CC(=O)O.NC(=S)S.[NaH]. The van der Waals surface area contributed by atoms with Crippen molar-refractivity contribution in [3.05, 3.63) is 0 Å². The van der Waals surface area contributed by atoms with Crippen molar-refractivity contribution in [2.75, 3.05) is 0 Å². The summed E-state index contributed by atoms with van der Waals surface area (Å²) in [4.78, 5) is 9.00. The molecule has 0 fully saturated rings. The van der Waals surface area contributed by atoms with Crippen molar-refractivity contribution in [1.82, 2.24) is 0 Å². The molecule has 0 aliphatic rings. The predicted molar refractivity (Wildman–Crippen MR) is 46.2 cm³/mol. The zero-order valence-electron chi connectivity index (χ0n) is 4.29. The summed E-state index contributed by atoms with van der Waals surface area (Å²) in [6.07, 6.45) is 0. The van der Waals surface area contributed by atoms with Crippen LogP contribution < -0.4 is 5.73 Å². The van der Waals surface area contributed by atoms with Crippen LogP contribution in [0.3, 0.4) is 0 Å². The van der Waals surface area contributed by atoms with Crippen LogP contribution in [0.15, 0.2) is 0 Å². The van der Waals surface area contributed by atoms with Crippen LogP contribution >= 0.6 is 24.8 Å². The van der Waals surface area contributed by atoms with Crippen LogP contribution in [-0.4, -0.2) is 45.0 Å². The predicted octanol–water partition coefficient (Wildman–Crippen LogP) is -0.398. The van der Waals surface area contributed by atoms with Gasteiger partial charge in [0, 0.05) is 6.92 Å². The number of thiol groups is 1. The standard InChI is InChI=1S/C2H4O2.CH3NS2.Na.H/c1-2(3)4;2-1(3)4;;/h1H3,(H,3,4);(H3,2,3,4);;. The average Bonchev–Trinajstić information content (AvgIpc) is 1.25. The fraction of sp³-hybridized carbons (Fsp3) is 0.333. The molecule has 9 heavy (non-hydrogen) atoms. The molecule has 50 valence electrons. The van der Waals surface area contributed by atoms with Gasteiger partial charge in [-0.15, -0.1) is 12.6 Å². The molecule has 0 amide bonds. The van der Waals surface area contributed by atoms with Gasteiger partial charge in [-0.25, -0.2) is 0 Å². The summed E-state index contributed by atoms with van der Waals surface area (Å²) >= 11 is 7.65. The summed E-state index contributed by atoms with van der Waals surface area (Å²) < 4.78 is 0.194. The summed E-state index contributed by atoms with van der Waals surface area (Å²) in [5, 5.41) is 7.42. The molecule has 3 N–H and O–H groups in total. The Kier molecular flexibility index (Phi) is 20.9. The van der Waals surface area contributed by atoms with E-state index < -0.39 is 5.97 Å². The first-order chi connectivity index (χ1) is 3.46. The van der Waals surface area contributed by atoms with E-state index in [1.807, 2.05) is 0 Å². The van der Waals surface area contributed by atoms with E-state index in [2.05, 4.69) is 24.8 Å². The Morgan fingerprint density at radius 3 is 1.78 bits per heavy atom. The first kappa shape index (κ1) is 16.4. The summed E-state index contributed by atoms with van der Waals surface area (Å²) in [5.74, 6) is -0.833. The van der Waals surface area contributed by atoms with Gasteiger partial charge in [-0.3, -0.25) is 4.79 Å². The first-order valence-electron chi connectivity index (χ1n) is 1.64.